The first-order valence-corrected chi connectivity index (χ1v) is 10.8. The van der Waals surface area contributed by atoms with Crippen LogP contribution in [-0.4, -0.2) is 29.3 Å². The Kier molecular flexibility index (Phi) is 6.57. The van der Waals surface area contributed by atoms with Gasteiger partial charge >= 0.3 is 5.97 Å². The SMILES string of the molecule is COc1ccc2c(CNC[C@@H](C)c3ccccc3)c(C(=O)O)n(Cc3ccccc3)c2c1. The average Bonchev–Trinajstić information content (AvgIpc) is 3.12. The minimum atomic E-state index is -0.927. The Bertz CT molecular complexity index is 1200. The van der Waals surface area contributed by atoms with Gasteiger partial charge in [0.05, 0.1) is 12.6 Å². The second-order valence-electron chi connectivity index (χ2n) is 8.03. The van der Waals surface area contributed by atoms with Crippen molar-refractivity contribution < 1.29 is 14.6 Å². The lowest BCUT2D eigenvalue weighted by atomic mass is 10.0. The van der Waals surface area contributed by atoms with Crippen molar-refractivity contribution >= 4 is 16.9 Å². The molecule has 0 spiro atoms. The largest absolute Gasteiger partial charge is 0.497 e. The first-order chi connectivity index (χ1) is 15.6. The summed E-state index contributed by atoms with van der Waals surface area (Å²) in [5, 5.41) is 14.6. The molecule has 0 aliphatic heterocycles. The van der Waals surface area contributed by atoms with Crippen LogP contribution in [0.5, 0.6) is 5.75 Å². The van der Waals surface area contributed by atoms with Crippen LogP contribution < -0.4 is 10.1 Å². The van der Waals surface area contributed by atoms with Crippen LogP contribution in [0.25, 0.3) is 10.9 Å². The molecule has 0 bridgehead atoms. The molecule has 1 atom stereocenters. The highest BCUT2D eigenvalue weighted by Gasteiger charge is 2.23. The van der Waals surface area contributed by atoms with Gasteiger partial charge in [-0.05, 0) is 29.2 Å². The first-order valence-electron chi connectivity index (χ1n) is 10.8. The van der Waals surface area contributed by atoms with Crippen molar-refractivity contribution in [1.82, 2.24) is 9.88 Å². The van der Waals surface area contributed by atoms with Crippen LogP contribution in [0.1, 0.15) is 40.0 Å². The fourth-order valence-electron chi connectivity index (χ4n) is 4.19. The van der Waals surface area contributed by atoms with Gasteiger partial charge in [-0.2, -0.15) is 0 Å². The number of benzene rings is 3. The van der Waals surface area contributed by atoms with E-state index in [0.717, 1.165) is 28.6 Å². The van der Waals surface area contributed by atoms with E-state index in [2.05, 4.69) is 24.4 Å². The molecule has 4 rings (SSSR count). The quantitative estimate of drug-likeness (QED) is 0.380. The van der Waals surface area contributed by atoms with E-state index in [1.54, 1.807) is 7.11 Å². The number of fused-ring (bicyclic) bond motifs is 1. The molecular formula is C27H28N2O3. The number of aromatic carboxylic acids is 1. The van der Waals surface area contributed by atoms with E-state index in [1.807, 2.05) is 71.3 Å². The molecule has 1 aromatic heterocycles. The number of carboxylic acids is 1. The summed E-state index contributed by atoms with van der Waals surface area (Å²) in [7, 11) is 1.62. The molecule has 164 valence electrons. The van der Waals surface area contributed by atoms with Crippen LogP contribution in [0.2, 0.25) is 0 Å². The van der Waals surface area contributed by atoms with E-state index in [9.17, 15) is 9.90 Å². The third-order valence-corrected chi connectivity index (χ3v) is 5.88. The van der Waals surface area contributed by atoms with Crippen LogP contribution in [0, 0.1) is 0 Å². The van der Waals surface area contributed by atoms with E-state index in [4.69, 9.17) is 4.74 Å². The van der Waals surface area contributed by atoms with E-state index in [0.29, 0.717) is 30.5 Å². The van der Waals surface area contributed by atoms with Gasteiger partial charge in [0.25, 0.3) is 0 Å². The molecule has 0 fully saturated rings. The monoisotopic (exact) mass is 428 g/mol. The number of aromatic nitrogens is 1. The lowest BCUT2D eigenvalue weighted by Gasteiger charge is -2.13. The number of carbonyl (C=O) groups is 1. The van der Waals surface area contributed by atoms with Gasteiger partial charge in [-0.25, -0.2) is 4.79 Å². The average molecular weight is 429 g/mol. The molecule has 1 heterocycles. The fourth-order valence-corrected chi connectivity index (χ4v) is 4.19. The van der Waals surface area contributed by atoms with Crippen molar-refractivity contribution in [3.05, 3.63) is 101 Å². The zero-order valence-electron chi connectivity index (χ0n) is 18.4. The Morgan fingerprint density at radius 2 is 1.72 bits per heavy atom. The third-order valence-electron chi connectivity index (χ3n) is 5.88. The Labute approximate surface area is 188 Å². The second-order valence-corrected chi connectivity index (χ2v) is 8.03. The van der Waals surface area contributed by atoms with E-state index in [1.165, 1.54) is 5.56 Å². The molecule has 0 unspecified atom stereocenters. The Morgan fingerprint density at radius 1 is 1.03 bits per heavy atom. The number of nitrogens with one attached hydrogen (secondary N) is 1. The number of nitrogens with zero attached hydrogens (tertiary/aromatic N) is 1. The van der Waals surface area contributed by atoms with Gasteiger partial charge < -0.3 is 19.7 Å². The number of ether oxygens (including phenoxy) is 1. The predicted octanol–water partition coefficient (Wildman–Crippen LogP) is 5.29. The first kappa shape index (κ1) is 21.7. The molecule has 0 aliphatic carbocycles. The Balaban J connectivity index is 1.69. The summed E-state index contributed by atoms with van der Waals surface area (Å²) in [5.41, 5.74) is 4.28. The zero-order chi connectivity index (χ0) is 22.5. The molecule has 0 amide bonds. The summed E-state index contributed by atoms with van der Waals surface area (Å²) in [5.74, 6) is 0.102. The number of methoxy groups -OCH3 is 1. The third kappa shape index (κ3) is 4.53. The molecule has 32 heavy (non-hydrogen) atoms. The highest BCUT2D eigenvalue weighted by Crippen LogP contribution is 2.31. The summed E-state index contributed by atoms with van der Waals surface area (Å²) in [6, 6.07) is 26.0. The molecule has 5 heteroatoms. The molecule has 4 aromatic rings. The molecule has 2 N–H and O–H groups in total. The van der Waals surface area contributed by atoms with Gasteiger partial charge in [-0.3, -0.25) is 0 Å². The summed E-state index contributed by atoms with van der Waals surface area (Å²) >= 11 is 0. The Morgan fingerprint density at radius 3 is 2.38 bits per heavy atom. The standard InChI is InChI=1S/C27H28N2O3/c1-19(21-11-7-4-8-12-21)16-28-17-24-23-14-13-22(32-2)15-25(23)29(26(24)27(30)31)18-20-9-5-3-6-10-20/h3-15,19,28H,16-18H2,1-2H3,(H,30,31)/t19-/m1/s1. The van der Waals surface area contributed by atoms with Crippen molar-refractivity contribution in [1.29, 1.82) is 0 Å². The highest BCUT2D eigenvalue weighted by atomic mass is 16.5. The smallest absolute Gasteiger partial charge is 0.352 e. The van der Waals surface area contributed by atoms with E-state index < -0.39 is 5.97 Å². The molecule has 3 aromatic carbocycles. The topological polar surface area (TPSA) is 63.5 Å². The van der Waals surface area contributed by atoms with Gasteiger partial charge in [0.15, 0.2) is 0 Å². The minimum Gasteiger partial charge on any atom is -0.497 e. The molecule has 0 saturated heterocycles. The van der Waals surface area contributed by atoms with Gasteiger partial charge in [-0.15, -0.1) is 0 Å². The molecule has 0 aliphatic rings. The maximum absolute atomic E-state index is 12.4. The van der Waals surface area contributed by atoms with Gasteiger partial charge in [0, 0.05) is 36.7 Å². The number of rotatable bonds is 9. The molecule has 5 nitrogen and oxygen atoms in total. The van der Waals surface area contributed by atoms with Crippen LogP contribution in [0.3, 0.4) is 0 Å². The fraction of sp³-hybridized carbons (Fsp3) is 0.222. The van der Waals surface area contributed by atoms with Crippen molar-refractivity contribution in [2.24, 2.45) is 0 Å². The molecule has 0 saturated carbocycles. The van der Waals surface area contributed by atoms with Crippen LogP contribution >= 0.6 is 0 Å². The van der Waals surface area contributed by atoms with Gasteiger partial charge in [0.1, 0.15) is 11.4 Å². The number of hydrogen-bond donors (Lipinski definition) is 2. The zero-order valence-corrected chi connectivity index (χ0v) is 18.4. The molecular weight excluding hydrogens is 400 g/mol. The minimum absolute atomic E-state index is 0.317. The molecule has 0 radical (unpaired) electrons. The van der Waals surface area contributed by atoms with Gasteiger partial charge in [-0.1, -0.05) is 67.6 Å². The predicted molar refractivity (Wildman–Crippen MR) is 128 cm³/mol. The van der Waals surface area contributed by atoms with E-state index in [-0.39, 0.29) is 0 Å². The van der Waals surface area contributed by atoms with Crippen molar-refractivity contribution in [3.8, 4) is 5.75 Å². The maximum atomic E-state index is 12.4. The van der Waals surface area contributed by atoms with Crippen LogP contribution in [-0.2, 0) is 13.1 Å². The normalized spacial score (nSPS) is 12.1. The summed E-state index contributed by atoms with van der Waals surface area (Å²) in [6.45, 7) is 3.88. The highest BCUT2D eigenvalue weighted by molar-refractivity contribution is 5.98. The van der Waals surface area contributed by atoms with E-state index >= 15 is 0 Å². The lowest BCUT2D eigenvalue weighted by molar-refractivity contribution is 0.0684. The van der Waals surface area contributed by atoms with Crippen LogP contribution in [0.15, 0.2) is 78.9 Å². The summed E-state index contributed by atoms with van der Waals surface area (Å²) in [6.07, 6.45) is 0. The summed E-state index contributed by atoms with van der Waals surface area (Å²) in [4.78, 5) is 12.4. The number of carboxylic acid groups (broad SMARTS) is 1. The lowest BCUT2D eigenvalue weighted by Crippen LogP contribution is -2.21. The van der Waals surface area contributed by atoms with Gasteiger partial charge in [0.2, 0.25) is 0 Å². The van der Waals surface area contributed by atoms with Crippen molar-refractivity contribution in [2.45, 2.75) is 25.9 Å². The maximum Gasteiger partial charge on any atom is 0.352 e. The second kappa shape index (κ2) is 9.71. The van der Waals surface area contributed by atoms with Crippen molar-refractivity contribution in [2.75, 3.05) is 13.7 Å². The number of hydrogen-bond acceptors (Lipinski definition) is 3. The summed E-state index contributed by atoms with van der Waals surface area (Å²) < 4.78 is 7.30. The Hall–Kier alpha value is -3.57. The van der Waals surface area contributed by atoms with Crippen LogP contribution in [0.4, 0.5) is 0 Å². The van der Waals surface area contributed by atoms with Crippen molar-refractivity contribution in [3.63, 3.8) is 0 Å².